The highest BCUT2D eigenvalue weighted by Gasteiger charge is 2.61. The summed E-state index contributed by atoms with van der Waals surface area (Å²) < 4.78 is 0. The summed E-state index contributed by atoms with van der Waals surface area (Å²) in [6.45, 7) is 4.52. The molecule has 2 N–H and O–H groups in total. The van der Waals surface area contributed by atoms with Gasteiger partial charge < -0.3 is 10.2 Å². The fraction of sp³-hybridized carbons (Fsp3) is 0.944. The molecule has 0 aliphatic heterocycles. The SMILES string of the molecule is CCCCCCCCCCCCCCC1(C(=O)O)CCCCC1(CCCCCCCCCCCCCC)C(=O)O. The number of hydrogen-bond acceptors (Lipinski definition) is 2. The molecule has 1 aliphatic rings. The largest absolute Gasteiger partial charge is 0.481 e. The van der Waals surface area contributed by atoms with Gasteiger partial charge in [-0.15, -0.1) is 0 Å². The molecular weight excluding hydrogens is 496 g/mol. The van der Waals surface area contributed by atoms with E-state index in [1.54, 1.807) is 0 Å². The third-order valence-electron chi connectivity index (χ3n) is 10.1. The van der Waals surface area contributed by atoms with E-state index in [9.17, 15) is 19.8 Å². The Bertz CT molecular complexity index is 578. The molecule has 4 nitrogen and oxygen atoms in total. The molecule has 4 heteroatoms. The Morgan fingerprint density at radius 1 is 0.425 bits per heavy atom. The average molecular weight is 565 g/mol. The second-order valence-electron chi connectivity index (χ2n) is 13.3. The summed E-state index contributed by atoms with van der Waals surface area (Å²) in [5, 5.41) is 21.0. The van der Waals surface area contributed by atoms with Gasteiger partial charge in [0.15, 0.2) is 0 Å². The van der Waals surface area contributed by atoms with Crippen LogP contribution in [0, 0.1) is 10.8 Å². The Balaban J connectivity index is 2.41. The molecule has 0 saturated heterocycles. The van der Waals surface area contributed by atoms with E-state index >= 15 is 0 Å². The van der Waals surface area contributed by atoms with Gasteiger partial charge in [0.1, 0.15) is 0 Å². The number of carboxylic acids is 2. The van der Waals surface area contributed by atoms with E-state index in [1.807, 2.05) is 0 Å². The van der Waals surface area contributed by atoms with Crippen LogP contribution < -0.4 is 0 Å². The number of hydrogen-bond donors (Lipinski definition) is 2. The zero-order chi connectivity index (χ0) is 29.4. The van der Waals surface area contributed by atoms with Crippen LogP contribution in [0.4, 0.5) is 0 Å². The van der Waals surface area contributed by atoms with E-state index < -0.39 is 22.8 Å². The summed E-state index contributed by atoms with van der Waals surface area (Å²) in [5.74, 6) is -1.70. The summed E-state index contributed by atoms with van der Waals surface area (Å²) in [6, 6.07) is 0. The van der Waals surface area contributed by atoms with Gasteiger partial charge in [-0.2, -0.15) is 0 Å². The molecule has 0 radical (unpaired) electrons. The summed E-state index contributed by atoms with van der Waals surface area (Å²) in [7, 11) is 0. The fourth-order valence-electron chi connectivity index (χ4n) is 7.43. The van der Waals surface area contributed by atoms with Gasteiger partial charge in [-0.1, -0.05) is 181 Å². The Hall–Kier alpha value is -1.06. The van der Waals surface area contributed by atoms with Gasteiger partial charge in [-0.05, 0) is 25.7 Å². The molecular formula is C36H68O4. The van der Waals surface area contributed by atoms with E-state index in [4.69, 9.17) is 0 Å². The molecule has 1 rings (SSSR count). The average Bonchev–Trinajstić information content (AvgIpc) is 2.94. The Morgan fingerprint density at radius 2 is 0.650 bits per heavy atom. The summed E-state index contributed by atoms with van der Waals surface area (Å²) in [4.78, 5) is 25.6. The molecule has 0 aromatic heterocycles. The number of rotatable bonds is 28. The van der Waals surface area contributed by atoms with Gasteiger partial charge in [0, 0.05) is 0 Å². The standard InChI is InChI=1S/C36H68O4/c1-3-5-7-9-11-13-15-17-19-21-23-25-29-35(33(37)38)31-27-28-32-36(35,34(39)40)30-26-24-22-20-18-16-14-12-10-8-6-4-2/h3-32H2,1-2H3,(H,37,38)(H,39,40). The third-order valence-corrected chi connectivity index (χ3v) is 10.1. The Labute approximate surface area is 248 Å². The normalized spacial score (nSPS) is 21.1. The first-order valence-corrected chi connectivity index (χ1v) is 17.9. The lowest BCUT2D eigenvalue weighted by molar-refractivity contribution is -0.182. The van der Waals surface area contributed by atoms with E-state index in [0.29, 0.717) is 25.7 Å². The molecule has 1 aliphatic carbocycles. The van der Waals surface area contributed by atoms with Gasteiger partial charge in [0.2, 0.25) is 0 Å². The quantitative estimate of drug-likeness (QED) is 0.0927. The lowest BCUT2D eigenvalue weighted by Gasteiger charge is -2.49. The number of carboxylic acid groups (broad SMARTS) is 2. The van der Waals surface area contributed by atoms with Crippen molar-refractivity contribution in [2.45, 2.75) is 206 Å². The van der Waals surface area contributed by atoms with Crippen molar-refractivity contribution in [1.29, 1.82) is 0 Å². The molecule has 2 atom stereocenters. The van der Waals surface area contributed by atoms with Gasteiger partial charge in [-0.3, -0.25) is 9.59 Å². The third kappa shape index (κ3) is 13.7. The minimum absolute atomic E-state index is 0.532. The van der Waals surface area contributed by atoms with Crippen LogP contribution in [0.1, 0.15) is 206 Å². The molecule has 0 amide bonds. The van der Waals surface area contributed by atoms with Crippen LogP contribution in [-0.2, 0) is 9.59 Å². The van der Waals surface area contributed by atoms with Crippen LogP contribution in [0.5, 0.6) is 0 Å². The van der Waals surface area contributed by atoms with Crippen molar-refractivity contribution < 1.29 is 19.8 Å². The monoisotopic (exact) mass is 565 g/mol. The molecule has 0 bridgehead atoms. The van der Waals surface area contributed by atoms with Crippen LogP contribution in [-0.4, -0.2) is 22.2 Å². The van der Waals surface area contributed by atoms with E-state index in [0.717, 1.165) is 51.4 Å². The highest BCUT2D eigenvalue weighted by molar-refractivity contribution is 5.87. The Kier molecular flexibility index (Phi) is 21.7. The predicted molar refractivity (Wildman–Crippen MR) is 170 cm³/mol. The highest BCUT2D eigenvalue weighted by atomic mass is 16.4. The number of aliphatic carboxylic acids is 2. The summed E-state index contributed by atoms with van der Waals surface area (Å²) >= 11 is 0. The zero-order valence-corrected chi connectivity index (χ0v) is 26.9. The van der Waals surface area contributed by atoms with Crippen LogP contribution in [0.25, 0.3) is 0 Å². The summed E-state index contributed by atoms with van der Waals surface area (Å²) in [5.41, 5.74) is -2.18. The van der Waals surface area contributed by atoms with Crippen molar-refractivity contribution in [3.63, 3.8) is 0 Å². The van der Waals surface area contributed by atoms with Crippen molar-refractivity contribution in [2.24, 2.45) is 10.8 Å². The molecule has 0 spiro atoms. The van der Waals surface area contributed by atoms with Gasteiger partial charge >= 0.3 is 11.9 Å². The second-order valence-corrected chi connectivity index (χ2v) is 13.3. The molecule has 2 unspecified atom stereocenters. The predicted octanol–water partition coefficient (Wildman–Crippen LogP) is 11.9. The van der Waals surface area contributed by atoms with E-state index in [2.05, 4.69) is 13.8 Å². The molecule has 40 heavy (non-hydrogen) atoms. The first-order valence-electron chi connectivity index (χ1n) is 17.9. The minimum Gasteiger partial charge on any atom is -0.481 e. The molecule has 236 valence electrons. The van der Waals surface area contributed by atoms with Crippen LogP contribution in [0.2, 0.25) is 0 Å². The zero-order valence-electron chi connectivity index (χ0n) is 26.9. The summed E-state index contributed by atoms with van der Waals surface area (Å²) in [6.07, 6.45) is 33.7. The van der Waals surface area contributed by atoms with Crippen molar-refractivity contribution in [3.8, 4) is 0 Å². The number of carbonyl (C=O) groups is 2. The maximum Gasteiger partial charge on any atom is 0.310 e. The molecule has 1 fully saturated rings. The smallest absolute Gasteiger partial charge is 0.310 e. The second kappa shape index (κ2) is 23.5. The van der Waals surface area contributed by atoms with Crippen LogP contribution >= 0.6 is 0 Å². The lowest BCUT2D eigenvalue weighted by Crippen LogP contribution is -2.54. The highest BCUT2D eigenvalue weighted by Crippen LogP contribution is 2.57. The molecule has 0 heterocycles. The van der Waals surface area contributed by atoms with Gasteiger partial charge in [-0.25, -0.2) is 0 Å². The van der Waals surface area contributed by atoms with Crippen molar-refractivity contribution in [3.05, 3.63) is 0 Å². The minimum atomic E-state index is -1.09. The van der Waals surface area contributed by atoms with Crippen molar-refractivity contribution >= 4 is 11.9 Å². The van der Waals surface area contributed by atoms with Crippen LogP contribution in [0.3, 0.4) is 0 Å². The fourth-order valence-corrected chi connectivity index (χ4v) is 7.43. The molecule has 1 saturated carbocycles. The maximum absolute atomic E-state index is 12.8. The van der Waals surface area contributed by atoms with Gasteiger partial charge in [0.05, 0.1) is 10.8 Å². The topological polar surface area (TPSA) is 74.6 Å². The Morgan fingerprint density at radius 3 is 0.875 bits per heavy atom. The number of unbranched alkanes of at least 4 members (excludes halogenated alkanes) is 22. The molecule has 0 aromatic rings. The molecule has 0 aromatic carbocycles. The van der Waals surface area contributed by atoms with E-state index in [-0.39, 0.29) is 0 Å². The van der Waals surface area contributed by atoms with E-state index in [1.165, 1.54) is 116 Å². The first-order chi connectivity index (χ1) is 19.5. The van der Waals surface area contributed by atoms with Gasteiger partial charge in [0.25, 0.3) is 0 Å². The maximum atomic E-state index is 12.8. The van der Waals surface area contributed by atoms with Crippen molar-refractivity contribution in [1.82, 2.24) is 0 Å². The van der Waals surface area contributed by atoms with Crippen LogP contribution in [0.15, 0.2) is 0 Å². The first kappa shape index (κ1) is 37.0. The lowest BCUT2D eigenvalue weighted by atomic mass is 9.52. The van der Waals surface area contributed by atoms with Crippen molar-refractivity contribution in [2.75, 3.05) is 0 Å².